The van der Waals surface area contributed by atoms with Crippen molar-refractivity contribution < 1.29 is 15.3 Å². The molecule has 3 heteroatoms. The maximum atomic E-state index is 9.59. The molecule has 0 spiro atoms. The number of hydrogen-bond acceptors (Lipinski definition) is 3. The van der Waals surface area contributed by atoms with E-state index in [9.17, 15) is 15.3 Å². The van der Waals surface area contributed by atoms with E-state index in [2.05, 4.69) is 13.8 Å². The summed E-state index contributed by atoms with van der Waals surface area (Å²) in [5.74, 6) is 1.11. The summed E-state index contributed by atoms with van der Waals surface area (Å²) in [6.07, 6.45) is 1.80. The van der Waals surface area contributed by atoms with Gasteiger partial charge in [0.25, 0.3) is 0 Å². The fraction of sp³-hybridized carbons (Fsp3) is 0.368. The topological polar surface area (TPSA) is 60.7 Å². The van der Waals surface area contributed by atoms with Crippen LogP contribution < -0.4 is 0 Å². The Hall–Kier alpha value is -2.16. The summed E-state index contributed by atoms with van der Waals surface area (Å²) >= 11 is 0. The van der Waals surface area contributed by atoms with E-state index in [1.807, 2.05) is 25.1 Å². The van der Waals surface area contributed by atoms with Crippen LogP contribution in [0.15, 0.2) is 36.4 Å². The molecule has 2 aromatic carbocycles. The average Bonchev–Trinajstić information content (AvgIpc) is 2.46. The molecule has 22 heavy (non-hydrogen) atoms. The second-order valence-electron chi connectivity index (χ2n) is 6.31. The molecule has 0 radical (unpaired) electrons. The van der Waals surface area contributed by atoms with Gasteiger partial charge in [0.1, 0.15) is 5.75 Å². The Morgan fingerprint density at radius 1 is 0.727 bits per heavy atom. The molecular weight excluding hydrogens is 276 g/mol. The summed E-state index contributed by atoms with van der Waals surface area (Å²) in [6.45, 7) is 6.32. The van der Waals surface area contributed by atoms with Gasteiger partial charge >= 0.3 is 0 Å². The minimum atomic E-state index is -0.0796. The van der Waals surface area contributed by atoms with Gasteiger partial charge < -0.3 is 15.3 Å². The molecule has 0 saturated carbocycles. The molecule has 0 fully saturated rings. The van der Waals surface area contributed by atoms with E-state index in [0.717, 1.165) is 24.0 Å². The molecule has 2 rings (SSSR count). The summed E-state index contributed by atoms with van der Waals surface area (Å²) < 4.78 is 0. The molecule has 118 valence electrons. The van der Waals surface area contributed by atoms with Crippen molar-refractivity contribution in [1.29, 1.82) is 0 Å². The lowest BCUT2D eigenvalue weighted by molar-refractivity contribution is 0.379. The van der Waals surface area contributed by atoms with Crippen LogP contribution in [0.4, 0.5) is 0 Å². The normalized spacial score (nSPS) is 13.8. The summed E-state index contributed by atoms with van der Waals surface area (Å²) in [7, 11) is 0. The quantitative estimate of drug-likeness (QED) is 0.726. The van der Waals surface area contributed by atoms with E-state index in [1.54, 1.807) is 12.1 Å². The standard InChI is InChI=1S/C19H24O3/c1-12(8-15-4-6-17(20)14(3)10-15)13(2)9-16-5-7-18(21)19(22)11-16/h4-7,10-13,20-22H,8-9H2,1-3H3. The Kier molecular flexibility index (Phi) is 4.96. The summed E-state index contributed by atoms with van der Waals surface area (Å²) in [5.41, 5.74) is 3.15. The molecule has 2 aromatic rings. The highest BCUT2D eigenvalue weighted by atomic mass is 16.3. The van der Waals surface area contributed by atoms with Crippen LogP contribution in [0.3, 0.4) is 0 Å². The minimum Gasteiger partial charge on any atom is -0.508 e. The van der Waals surface area contributed by atoms with Crippen LogP contribution in [0, 0.1) is 18.8 Å². The van der Waals surface area contributed by atoms with Crippen LogP contribution in [0.5, 0.6) is 17.2 Å². The first-order chi connectivity index (χ1) is 10.4. The van der Waals surface area contributed by atoms with E-state index in [1.165, 1.54) is 11.6 Å². The van der Waals surface area contributed by atoms with Crippen molar-refractivity contribution in [2.75, 3.05) is 0 Å². The van der Waals surface area contributed by atoms with Gasteiger partial charge in [0.15, 0.2) is 11.5 Å². The molecule has 0 aromatic heterocycles. The van der Waals surface area contributed by atoms with Crippen LogP contribution in [0.25, 0.3) is 0 Å². The average molecular weight is 300 g/mol. The van der Waals surface area contributed by atoms with Gasteiger partial charge in [-0.25, -0.2) is 0 Å². The third-order valence-electron chi connectivity index (χ3n) is 4.39. The van der Waals surface area contributed by atoms with Crippen molar-refractivity contribution in [3.05, 3.63) is 53.1 Å². The van der Waals surface area contributed by atoms with Crippen LogP contribution in [0.1, 0.15) is 30.5 Å². The first-order valence-corrected chi connectivity index (χ1v) is 7.66. The fourth-order valence-corrected chi connectivity index (χ4v) is 2.69. The van der Waals surface area contributed by atoms with E-state index in [4.69, 9.17) is 0 Å². The number of benzene rings is 2. The summed E-state index contributed by atoms with van der Waals surface area (Å²) in [6, 6.07) is 10.8. The molecule has 0 aliphatic rings. The predicted molar refractivity (Wildman–Crippen MR) is 88.4 cm³/mol. The molecule has 0 heterocycles. The first-order valence-electron chi connectivity index (χ1n) is 7.66. The Labute approximate surface area is 131 Å². The Morgan fingerprint density at radius 2 is 1.23 bits per heavy atom. The van der Waals surface area contributed by atoms with Gasteiger partial charge in [0, 0.05) is 0 Å². The Balaban J connectivity index is 2.00. The SMILES string of the molecule is Cc1cc(CC(C)C(C)Cc2ccc(O)c(O)c2)ccc1O. The number of phenols is 3. The third kappa shape index (κ3) is 3.94. The summed E-state index contributed by atoms with van der Waals surface area (Å²) in [5, 5.41) is 28.5. The summed E-state index contributed by atoms with van der Waals surface area (Å²) in [4.78, 5) is 0. The molecule has 3 nitrogen and oxygen atoms in total. The van der Waals surface area contributed by atoms with E-state index in [0.29, 0.717) is 17.6 Å². The maximum Gasteiger partial charge on any atom is 0.157 e. The lowest BCUT2D eigenvalue weighted by Gasteiger charge is -2.20. The Morgan fingerprint density at radius 3 is 1.73 bits per heavy atom. The zero-order valence-electron chi connectivity index (χ0n) is 13.4. The molecule has 3 N–H and O–H groups in total. The predicted octanol–water partition coefficient (Wildman–Crippen LogP) is 4.17. The van der Waals surface area contributed by atoms with Crippen molar-refractivity contribution >= 4 is 0 Å². The first kappa shape index (κ1) is 16.2. The molecule has 0 saturated heterocycles. The van der Waals surface area contributed by atoms with Gasteiger partial charge in [-0.3, -0.25) is 0 Å². The highest BCUT2D eigenvalue weighted by Crippen LogP contribution is 2.28. The number of aryl methyl sites for hydroxylation is 1. The molecule has 0 bridgehead atoms. The van der Waals surface area contributed by atoms with Gasteiger partial charge in [0.2, 0.25) is 0 Å². The van der Waals surface area contributed by atoms with Crippen molar-refractivity contribution in [1.82, 2.24) is 0 Å². The van der Waals surface area contributed by atoms with Crippen molar-refractivity contribution in [2.45, 2.75) is 33.6 Å². The van der Waals surface area contributed by atoms with Crippen LogP contribution in [-0.4, -0.2) is 15.3 Å². The monoisotopic (exact) mass is 300 g/mol. The van der Waals surface area contributed by atoms with E-state index >= 15 is 0 Å². The molecule has 0 amide bonds. The molecular formula is C19H24O3. The van der Waals surface area contributed by atoms with Crippen LogP contribution in [-0.2, 0) is 12.8 Å². The second-order valence-corrected chi connectivity index (χ2v) is 6.31. The van der Waals surface area contributed by atoms with Gasteiger partial charge in [-0.1, -0.05) is 32.0 Å². The fourth-order valence-electron chi connectivity index (χ4n) is 2.69. The molecule has 2 atom stereocenters. The van der Waals surface area contributed by atoms with Crippen molar-refractivity contribution in [3.63, 3.8) is 0 Å². The van der Waals surface area contributed by atoms with Crippen molar-refractivity contribution in [2.24, 2.45) is 11.8 Å². The van der Waals surface area contributed by atoms with E-state index in [-0.39, 0.29) is 11.5 Å². The Bertz CT molecular complexity index is 592. The number of aromatic hydroxyl groups is 3. The highest BCUT2D eigenvalue weighted by molar-refractivity contribution is 5.40. The smallest absolute Gasteiger partial charge is 0.157 e. The lowest BCUT2D eigenvalue weighted by Crippen LogP contribution is -2.13. The molecule has 0 aliphatic heterocycles. The molecule has 0 aliphatic carbocycles. The largest absolute Gasteiger partial charge is 0.508 e. The molecule has 2 unspecified atom stereocenters. The van der Waals surface area contributed by atoms with Gasteiger partial charge in [-0.2, -0.15) is 0 Å². The van der Waals surface area contributed by atoms with Gasteiger partial charge in [0.05, 0.1) is 0 Å². The number of phenolic OH excluding ortho intramolecular Hbond substituents is 3. The van der Waals surface area contributed by atoms with Gasteiger partial charge in [-0.15, -0.1) is 0 Å². The third-order valence-corrected chi connectivity index (χ3v) is 4.39. The maximum absolute atomic E-state index is 9.59. The zero-order chi connectivity index (χ0) is 16.3. The van der Waals surface area contributed by atoms with Gasteiger partial charge in [-0.05, 0) is 66.5 Å². The van der Waals surface area contributed by atoms with E-state index < -0.39 is 0 Å². The van der Waals surface area contributed by atoms with Crippen LogP contribution >= 0.6 is 0 Å². The number of rotatable bonds is 5. The zero-order valence-corrected chi connectivity index (χ0v) is 13.4. The van der Waals surface area contributed by atoms with Crippen molar-refractivity contribution in [3.8, 4) is 17.2 Å². The number of hydrogen-bond donors (Lipinski definition) is 3. The van der Waals surface area contributed by atoms with Crippen LogP contribution in [0.2, 0.25) is 0 Å². The second kappa shape index (κ2) is 6.73. The lowest BCUT2D eigenvalue weighted by atomic mass is 9.85. The minimum absolute atomic E-state index is 0.0634. The highest BCUT2D eigenvalue weighted by Gasteiger charge is 2.15.